The lowest BCUT2D eigenvalue weighted by atomic mass is 10.2. The summed E-state index contributed by atoms with van der Waals surface area (Å²) in [5.41, 5.74) is 0.243. The number of aliphatic imine (C=N–C) groups is 1. The lowest BCUT2D eigenvalue weighted by Crippen LogP contribution is -2.31. The van der Waals surface area contributed by atoms with Crippen molar-refractivity contribution in [3.8, 4) is 0 Å². The Balaban J connectivity index is 2.11. The fourth-order valence-corrected chi connectivity index (χ4v) is 2.67. The molecule has 0 bridgehead atoms. The summed E-state index contributed by atoms with van der Waals surface area (Å²) in [6.45, 7) is 5.87. The Hall–Kier alpha value is -2.22. The first kappa shape index (κ1) is 17.1. The first-order valence-electron chi connectivity index (χ1n) is 7.16. The summed E-state index contributed by atoms with van der Waals surface area (Å²) < 4.78 is 5.22. The van der Waals surface area contributed by atoms with Gasteiger partial charge in [-0.25, -0.2) is 9.79 Å². The van der Waals surface area contributed by atoms with E-state index in [9.17, 15) is 4.79 Å². The minimum Gasteiger partial charge on any atom is -0.444 e. The highest BCUT2D eigenvalue weighted by Crippen LogP contribution is 2.30. The van der Waals surface area contributed by atoms with Crippen molar-refractivity contribution in [3.63, 3.8) is 0 Å². The molecule has 0 aliphatic rings. The van der Waals surface area contributed by atoms with Crippen molar-refractivity contribution in [1.29, 1.82) is 0 Å². The number of aromatic nitrogens is 2. The van der Waals surface area contributed by atoms with Gasteiger partial charge in [-0.05, 0) is 26.8 Å². The monoisotopic (exact) mass is 335 g/mol. The third kappa shape index (κ3) is 5.17. The van der Waals surface area contributed by atoms with Crippen molar-refractivity contribution in [3.05, 3.63) is 17.1 Å². The summed E-state index contributed by atoms with van der Waals surface area (Å²) in [5.74, 6) is 0. The highest BCUT2D eigenvalue weighted by atomic mass is 32.1. The zero-order chi connectivity index (χ0) is 17.0. The number of nitrogens with one attached hydrogen (secondary N) is 1. The van der Waals surface area contributed by atoms with Gasteiger partial charge in [0.15, 0.2) is 0 Å². The average molecular weight is 335 g/mol. The summed E-state index contributed by atoms with van der Waals surface area (Å²) >= 11 is 1.47. The van der Waals surface area contributed by atoms with Gasteiger partial charge >= 0.3 is 6.09 Å². The van der Waals surface area contributed by atoms with Crippen LogP contribution in [-0.2, 0) is 11.3 Å². The van der Waals surface area contributed by atoms with E-state index in [2.05, 4.69) is 20.5 Å². The fourth-order valence-electron chi connectivity index (χ4n) is 1.74. The van der Waals surface area contributed by atoms with Crippen LogP contribution in [0.25, 0.3) is 10.2 Å². The topological polar surface area (TPSA) is 79.7 Å². The lowest BCUT2D eigenvalue weighted by molar-refractivity contribution is 0.0524. The van der Waals surface area contributed by atoms with Gasteiger partial charge in [0.2, 0.25) is 0 Å². The van der Waals surface area contributed by atoms with E-state index in [4.69, 9.17) is 4.74 Å². The standard InChI is InChI=1S/C15H21N5O2S/c1-15(2,3)22-14(21)16-7-10-6-11-12(17-9-20(4)5)8-18-19-13(11)23-10/h6,8-9H,7H2,1-5H3,(H,16,21). The molecule has 8 heteroatoms. The van der Waals surface area contributed by atoms with Gasteiger partial charge < -0.3 is 15.0 Å². The zero-order valence-corrected chi connectivity index (χ0v) is 14.8. The fraction of sp³-hybridized carbons (Fsp3) is 0.467. The van der Waals surface area contributed by atoms with Gasteiger partial charge in [-0.2, -0.15) is 5.10 Å². The number of hydrogen-bond acceptors (Lipinski definition) is 6. The quantitative estimate of drug-likeness (QED) is 0.686. The minimum atomic E-state index is -0.510. The minimum absolute atomic E-state index is 0.382. The largest absolute Gasteiger partial charge is 0.444 e. The van der Waals surface area contributed by atoms with E-state index < -0.39 is 11.7 Å². The van der Waals surface area contributed by atoms with Crippen molar-refractivity contribution in [1.82, 2.24) is 20.4 Å². The molecule has 0 aliphatic heterocycles. The summed E-state index contributed by atoms with van der Waals surface area (Å²) in [6.07, 6.45) is 2.90. The maximum atomic E-state index is 11.7. The van der Waals surface area contributed by atoms with E-state index in [0.29, 0.717) is 6.54 Å². The molecule has 1 N–H and O–H groups in total. The molecule has 0 atom stereocenters. The van der Waals surface area contributed by atoms with Gasteiger partial charge in [-0.3, -0.25) is 0 Å². The molecule has 0 aliphatic carbocycles. The smallest absolute Gasteiger partial charge is 0.407 e. The number of carbonyl (C=O) groups is 1. The Morgan fingerprint density at radius 2 is 2.22 bits per heavy atom. The van der Waals surface area contributed by atoms with Crippen LogP contribution in [0.1, 0.15) is 25.6 Å². The van der Waals surface area contributed by atoms with Crippen LogP contribution in [0.15, 0.2) is 17.3 Å². The van der Waals surface area contributed by atoms with E-state index in [1.54, 1.807) is 12.5 Å². The second kappa shape index (κ2) is 6.91. The predicted octanol–water partition coefficient (Wildman–Crippen LogP) is 2.94. The molecule has 23 heavy (non-hydrogen) atoms. The van der Waals surface area contributed by atoms with Crippen LogP contribution in [-0.4, -0.2) is 47.2 Å². The average Bonchev–Trinajstić information content (AvgIpc) is 2.84. The zero-order valence-electron chi connectivity index (χ0n) is 14.0. The molecule has 2 aromatic rings. The highest BCUT2D eigenvalue weighted by Gasteiger charge is 2.16. The molecule has 124 valence electrons. The summed E-state index contributed by atoms with van der Waals surface area (Å²) in [5, 5.41) is 11.7. The van der Waals surface area contributed by atoms with Gasteiger partial charge in [-0.1, -0.05) is 0 Å². The van der Waals surface area contributed by atoms with Crippen LogP contribution in [0, 0.1) is 0 Å². The molecular formula is C15H21N5O2S. The molecule has 2 aromatic heterocycles. The van der Waals surface area contributed by atoms with Crippen molar-refractivity contribution in [2.24, 2.45) is 4.99 Å². The SMILES string of the molecule is CN(C)C=Nc1cnnc2sc(CNC(=O)OC(C)(C)C)cc12. The van der Waals surface area contributed by atoms with Crippen molar-refractivity contribution < 1.29 is 9.53 Å². The molecule has 0 fully saturated rings. The van der Waals surface area contributed by atoms with Crippen LogP contribution in [0.5, 0.6) is 0 Å². The number of ether oxygens (including phenoxy) is 1. The molecule has 1 amide bonds. The van der Waals surface area contributed by atoms with E-state index in [0.717, 1.165) is 20.8 Å². The molecule has 0 saturated carbocycles. The van der Waals surface area contributed by atoms with Crippen molar-refractivity contribution in [2.45, 2.75) is 32.9 Å². The third-order valence-electron chi connectivity index (χ3n) is 2.60. The van der Waals surface area contributed by atoms with Gasteiger partial charge in [0.25, 0.3) is 0 Å². The molecule has 7 nitrogen and oxygen atoms in total. The number of fused-ring (bicyclic) bond motifs is 1. The summed E-state index contributed by atoms with van der Waals surface area (Å²) in [7, 11) is 3.80. The molecule has 0 radical (unpaired) electrons. The number of amides is 1. The highest BCUT2D eigenvalue weighted by molar-refractivity contribution is 7.18. The second-order valence-electron chi connectivity index (χ2n) is 6.22. The number of rotatable bonds is 4. The third-order valence-corrected chi connectivity index (χ3v) is 3.62. The first-order valence-corrected chi connectivity index (χ1v) is 7.98. The van der Waals surface area contributed by atoms with Crippen LogP contribution in [0.3, 0.4) is 0 Å². The van der Waals surface area contributed by atoms with Crippen LogP contribution < -0.4 is 5.32 Å². The van der Waals surface area contributed by atoms with E-state index in [1.165, 1.54) is 11.3 Å². The number of carbonyl (C=O) groups excluding carboxylic acids is 1. The summed E-state index contributed by atoms with van der Waals surface area (Å²) in [6, 6.07) is 1.97. The molecule has 0 unspecified atom stereocenters. The molecular weight excluding hydrogens is 314 g/mol. The maximum Gasteiger partial charge on any atom is 0.407 e. The number of nitrogens with zero attached hydrogens (tertiary/aromatic N) is 4. The second-order valence-corrected chi connectivity index (χ2v) is 7.34. The molecule has 0 spiro atoms. The van der Waals surface area contributed by atoms with Crippen molar-refractivity contribution >= 4 is 39.7 Å². The number of alkyl carbamates (subject to hydrolysis) is 1. The molecule has 2 heterocycles. The first-order chi connectivity index (χ1) is 10.7. The van der Waals surface area contributed by atoms with Gasteiger partial charge in [0, 0.05) is 24.4 Å². The molecule has 0 aromatic carbocycles. The van der Waals surface area contributed by atoms with E-state index in [-0.39, 0.29) is 0 Å². The van der Waals surface area contributed by atoms with Crippen molar-refractivity contribution in [2.75, 3.05) is 14.1 Å². The maximum absolute atomic E-state index is 11.7. The van der Waals surface area contributed by atoms with E-state index in [1.807, 2.05) is 45.8 Å². The molecule has 2 rings (SSSR count). The van der Waals surface area contributed by atoms with Gasteiger partial charge in [0.1, 0.15) is 10.4 Å². The Bertz CT molecular complexity index is 718. The Kier molecular flexibility index (Phi) is 5.15. The van der Waals surface area contributed by atoms with Gasteiger partial charge in [0.05, 0.1) is 24.8 Å². The lowest BCUT2D eigenvalue weighted by Gasteiger charge is -2.19. The van der Waals surface area contributed by atoms with Crippen LogP contribution >= 0.6 is 11.3 Å². The van der Waals surface area contributed by atoms with Crippen LogP contribution in [0.4, 0.5) is 10.5 Å². The Labute approximate surface area is 139 Å². The van der Waals surface area contributed by atoms with Crippen LogP contribution in [0.2, 0.25) is 0 Å². The van der Waals surface area contributed by atoms with Gasteiger partial charge in [-0.15, -0.1) is 16.4 Å². The predicted molar refractivity (Wildman–Crippen MR) is 92.3 cm³/mol. The summed E-state index contributed by atoms with van der Waals surface area (Å²) in [4.78, 5) is 19.7. The Morgan fingerprint density at radius 1 is 1.48 bits per heavy atom. The number of hydrogen-bond donors (Lipinski definition) is 1. The normalized spacial score (nSPS) is 11.9. The number of thiophene rings is 1. The Morgan fingerprint density at radius 3 is 2.87 bits per heavy atom. The molecule has 0 saturated heterocycles. The van der Waals surface area contributed by atoms with E-state index >= 15 is 0 Å².